The van der Waals surface area contributed by atoms with E-state index in [-0.39, 0.29) is 11.9 Å². The van der Waals surface area contributed by atoms with E-state index in [4.69, 9.17) is 0 Å². The number of amides is 1. The molecule has 7 nitrogen and oxygen atoms in total. The van der Waals surface area contributed by atoms with Gasteiger partial charge in [0.15, 0.2) is 0 Å². The van der Waals surface area contributed by atoms with E-state index >= 15 is 0 Å². The topological polar surface area (TPSA) is 87.6 Å². The molecule has 0 saturated carbocycles. The first kappa shape index (κ1) is 16.8. The zero-order valence-electron chi connectivity index (χ0n) is 15.6. The van der Waals surface area contributed by atoms with E-state index in [1.54, 1.807) is 0 Å². The molecule has 2 aromatic heterocycles. The van der Waals surface area contributed by atoms with Crippen molar-refractivity contribution in [1.82, 2.24) is 30.4 Å². The van der Waals surface area contributed by atoms with Crippen molar-refractivity contribution in [3.63, 3.8) is 0 Å². The molecular weight excluding hydrogens is 328 g/mol. The second-order valence-electron chi connectivity index (χ2n) is 7.15. The molecule has 0 saturated heterocycles. The maximum atomic E-state index is 12.7. The van der Waals surface area contributed by atoms with Gasteiger partial charge < -0.3 is 14.9 Å². The predicted molar refractivity (Wildman–Crippen MR) is 99.7 cm³/mol. The minimum atomic E-state index is -0.274. The zero-order chi connectivity index (χ0) is 18.4. The molecule has 3 heterocycles. The Kier molecular flexibility index (Phi) is 4.03. The van der Waals surface area contributed by atoms with Crippen molar-refractivity contribution >= 4 is 16.8 Å². The van der Waals surface area contributed by atoms with E-state index in [0.717, 1.165) is 22.7 Å². The average Bonchev–Trinajstić information content (AvgIpc) is 3.13. The van der Waals surface area contributed by atoms with Crippen LogP contribution in [0.5, 0.6) is 0 Å². The summed E-state index contributed by atoms with van der Waals surface area (Å²) in [5, 5.41) is 15.7. The Morgan fingerprint density at radius 2 is 2.08 bits per heavy atom. The normalized spacial score (nSPS) is 16.7. The Labute approximate surface area is 152 Å². The molecule has 3 N–H and O–H groups in total. The van der Waals surface area contributed by atoms with Crippen LogP contribution in [0.4, 0.5) is 0 Å². The van der Waals surface area contributed by atoms with Crippen molar-refractivity contribution in [3.05, 3.63) is 46.2 Å². The summed E-state index contributed by atoms with van der Waals surface area (Å²) in [5.41, 5.74) is 5.86. The van der Waals surface area contributed by atoms with E-state index < -0.39 is 0 Å². The second kappa shape index (κ2) is 6.25. The molecule has 136 valence electrons. The summed E-state index contributed by atoms with van der Waals surface area (Å²) in [7, 11) is 0. The monoisotopic (exact) mass is 352 g/mol. The highest BCUT2D eigenvalue weighted by molar-refractivity contribution is 5.88. The van der Waals surface area contributed by atoms with Crippen molar-refractivity contribution in [2.45, 2.75) is 53.4 Å². The summed E-state index contributed by atoms with van der Waals surface area (Å²) in [6.07, 6.45) is 0. The average molecular weight is 352 g/mol. The van der Waals surface area contributed by atoms with Crippen LogP contribution in [-0.2, 0) is 24.4 Å². The van der Waals surface area contributed by atoms with Gasteiger partial charge in [-0.3, -0.25) is 10.1 Å². The number of nitrogens with one attached hydrogen (secondary N) is 3. The molecule has 0 fully saturated rings. The summed E-state index contributed by atoms with van der Waals surface area (Å²) < 4.78 is 2.00. The molecule has 3 aromatic rings. The summed E-state index contributed by atoms with van der Waals surface area (Å²) in [5.74, 6) is 1.72. The Bertz CT molecular complexity index is 999. The number of carbonyl (C=O) groups excluding carboxylic acids is 1. The molecule has 0 aliphatic carbocycles. The third-order valence-electron chi connectivity index (χ3n) is 5.30. The SMILES string of the molecule is Cc1cc(CNC(=O)C2Cn3c(C)nnc3CN2)c2[nH]c(C)c(C)c2c1. The third kappa shape index (κ3) is 2.78. The summed E-state index contributed by atoms with van der Waals surface area (Å²) >= 11 is 0. The fourth-order valence-corrected chi connectivity index (χ4v) is 3.66. The van der Waals surface area contributed by atoms with Gasteiger partial charge in [0.25, 0.3) is 0 Å². The van der Waals surface area contributed by atoms with Crippen LogP contribution in [0, 0.1) is 27.7 Å². The predicted octanol–water partition coefficient (Wildman–Crippen LogP) is 1.78. The lowest BCUT2D eigenvalue weighted by atomic mass is 10.0. The minimum absolute atomic E-state index is 0.00148. The van der Waals surface area contributed by atoms with E-state index in [9.17, 15) is 4.79 Å². The van der Waals surface area contributed by atoms with Crippen LogP contribution in [0.25, 0.3) is 10.9 Å². The fraction of sp³-hybridized carbons (Fsp3) is 0.421. The van der Waals surface area contributed by atoms with Gasteiger partial charge in [-0.1, -0.05) is 11.6 Å². The molecule has 1 aliphatic rings. The van der Waals surface area contributed by atoms with Gasteiger partial charge in [0, 0.05) is 24.2 Å². The molecule has 1 aliphatic heterocycles. The lowest BCUT2D eigenvalue weighted by Crippen LogP contribution is -2.49. The van der Waals surface area contributed by atoms with Crippen molar-refractivity contribution in [2.75, 3.05) is 0 Å². The second-order valence-corrected chi connectivity index (χ2v) is 7.15. The van der Waals surface area contributed by atoms with Crippen LogP contribution in [0.15, 0.2) is 12.1 Å². The van der Waals surface area contributed by atoms with E-state index in [0.29, 0.717) is 19.6 Å². The molecule has 4 rings (SSSR count). The van der Waals surface area contributed by atoms with Gasteiger partial charge in [0.2, 0.25) is 5.91 Å². The van der Waals surface area contributed by atoms with Crippen LogP contribution >= 0.6 is 0 Å². The number of benzene rings is 1. The first-order chi connectivity index (χ1) is 12.4. The van der Waals surface area contributed by atoms with Crippen LogP contribution in [0.3, 0.4) is 0 Å². The summed E-state index contributed by atoms with van der Waals surface area (Å²) in [4.78, 5) is 16.1. The van der Waals surface area contributed by atoms with Gasteiger partial charge in [-0.2, -0.15) is 0 Å². The van der Waals surface area contributed by atoms with Gasteiger partial charge in [-0.25, -0.2) is 0 Å². The lowest BCUT2D eigenvalue weighted by Gasteiger charge is -2.24. The number of H-pyrrole nitrogens is 1. The van der Waals surface area contributed by atoms with Gasteiger partial charge in [0.1, 0.15) is 17.7 Å². The molecule has 1 unspecified atom stereocenters. The number of aromatic amines is 1. The van der Waals surface area contributed by atoms with Crippen LogP contribution in [-0.4, -0.2) is 31.7 Å². The summed E-state index contributed by atoms with van der Waals surface area (Å²) in [6.45, 7) is 9.83. The number of aromatic nitrogens is 4. The molecule has 1 aromatic carbocycles. The van der Waals surface area contributed by atoms with Crippen molar-refractivity contribution in [1.29, 1.82) is 0 Å². The number of hydrogen-bond donors (Lipinski definition) is 3. The number of nitrogens with zero attached hydrogens (tertiary/aromatic N) is 3. The molecule has 0 bridgehead atoms. The maximum absolute atomic E-state index is 12.7. The smallest absolute Gasteiger partial charge is 0.239 e. The number of fused-ring (bicyclic) bond motifs is 2. The molecule has 1 amide bonds. The Balaban J connectivity index is 1.51. The largest absolute Gasteiger partial charge is 0.358 e. The highest BCUT2D eigenvalue weighted by Gasteiger charge is 2.26. The number of hydrogen-bond acceptors (Lipinski definition) is 4. The minimum Gasteiger partial charge on any atom is -0.358 e. The number of carbonyl (C=O) groups is 1. The van der Waals surface area contributed by atoms with Gasteiger partial charge in [0.05, 0.1) is 12.1 Å². The molecule has 7 heteroatoms. The Hall–Kier alpha value is -2.67. The fourth-order valence-electron chi connectivity index (χ4n) is 3.66. The zero-order valence-corrected chi connectivity index (χ0v) is 15.6. The molecule has 0 spiro atoms. The molecule has 26 heavy (non-hydrogen) atoms. The third-order valence-corrected chi connectivity index (χ3v) is 5.30. The van der Waals surface area contributed by atoms with Crippen LogP contribution in [0.2, 0.25) is 0 Å². The van der Waals surface area contributed by atoms with Crippen molar-refractivity contribution in [2.24, 2.45) is 0 Å². The Morgan fingerprint density at radius 1 is 1.27 bits per heavy atom. The standard InChI is InChI=1S/C19H24N6O/c1-10-5-14(18-15(6-10)11(2)12(3)22-18)7-21-19(26)16-9-25-13(4)23-24-17(25)8-20-16/h5-6,16,20,22H,7-9H2,1-4H3,(H,21,26). The highest BCUT2D eigenvalue weighted by Crippen LogP contribution is 2.26. The van der Waals surface area contributed by atoms with Gasteiger partial charge in [-0.15, -0.1) is 10.2 Å². The molecular formula is C19H24N6O. The Morgan fingerprint density at radius 3 is 2.88 bits per heavy atom. The molecule has 1 atom stereocenters. The van der Waals surface area contributed by atoms with Gasteiger partial charge in [-0.05, 0) is 44.9 Å². The van der Waals surface area contributed by atoms with Crippen molar-refractivity contribution in [3.8, 4) is 0 Å². The van der Waals surface area contributed by atoms with E-state index in [1.165, 1.54) is 22.2 Å². The number of rotatable bonds is 3. The summed E-state index contributed by atoms with van der Waals surface area (Å²) in [6, 6.07) is 4.05. The first-order valence-electron chi connectivity index (χ1n) is 8.92. The van der Waals surface area contributed by atoms with Crippen LogP contribution < -0.4 is 10.6 Å². The van der Waals surface area contributed by atoms with Crippen molar-refractivity contribution < 1.29 is 4.79 Å². The highest BCUT2D eigenvalue weighted by atomic mass is 16.2. The maximum Gasteiger partial charge on any atom is 0.239 e. The number of aryl methyl sites for hydroxylation is 4. The van der Waals surface area contributed by atoms with E-state index in [2.05, 4.69) is 58.7 Å². The first-order valence-corrected chi connectivity index (χ1v) is 8.92. The van der Waals surface area contributed by atoms with E-state index in [1.807, 2.05) is 11.5 Å². The van der Waals surface area contributed by atoms with Gasteiger partial charge >= 0.3 is 0 Å². The lowest BCUT2D eigenvalue weighted by molar-refractivity contribution is -0.124. The molecule has 0 radical (unpaired) electrons. The van der Waals surface area contributed by atoms with Crippen LogP contribution in [0.1, 0.15) is 34.0 Å². The quantitative estimate of drug-likeness (QED) is 0.670.